The molecular formula is C28H30FN3O4S. The lowest BCUT2D eigenvalue weighted by molar-refractivity contribution is -0.133. The fraction of sp³-hybridized carbons (Fsp3) is 0.286. The minimum atomic E-state index is -4.00. The number of amides is 1. The summed E-state index contributed by atoms with van der Waals surface area (Å²) in [6.45, 7) is 4.55. The monoisotopic (exact) mass is 523 g/mol. The summed E-state index contributed by atoms with van der Waals surface area (Å²) in [5, 5.41) is -0.163. The van der Waals surface area contributed by atoms with E-state index < -0.39 is 21.4 Å². The minimum absolute atomic E-state index is 0.0740. The molecule has 2 heterocycles. The van der Waals surface area contributed by atoms with Gasteiger partial charge in [-0.15, -0.1) is 0 Å². The van der Waals surface area contributed by atoms with E-state index in [2.05, 4.69) is 4.98 Å². The van der Waals surface area contributed by atoms with E-state index in [0.29, 0.717) is 17.9 Å². The van der Waals surface area contributed by atoms with Gasteiger partial charge in [-0.1, -0.05) is 62.4 Å². The first-order chi connectivity index (χ1) is 17.7. The van der Waals surface area contributed by atoms with Gasteiger partial charge in [0.15, 0.2) is 0 Å². The molecule has 0 saturated carbocycles. The zero-order valence-corrected chi connectivity index (χ0v) is 21.7. The normalized spacial score (nSPS) is 11.7. The quantitative estimate of drug-likeness (QED) is 0.269. The lowest BCUT2D eigenvalue weighted by Crippen LogP contribution is -2.32. The molecule has 194 valence electrons. The Morgan fingerprint density at radius 3 is 2.43 bits per heavy atom. The first-order valence-electron chi connectivity index (χ1n) is 12.1. The predicted molar refractivity (Wildman–Crippen MR) is 137 cm³/mol. The Kier molecular flexibility index (Phi) is 8.23. The molecule has 7 nitrogen and oxygen atoms in total. The molecule has 37 heavy (non-hydrogen) atoms. The summed E-state index contributed by atoms with van der Waals surface area (Å²) >= 11 is 0. The van der Waals surface area contributed by atoms with Crippen molar-refractivity contribution in [1.82, 2.24) is 14.5 Å². The van der Waals surface area contributed by atoms with Crippen LogP contribution in [-0.2, 0) is 40.0 Å². The van der Waals surface area contributed by atoms with Crippen LogP contribution in [0.15, 0.2) is 88.8 Å². The molecule has 0 fully saturated rings. The highest BCUT2D eigenvalue weighted by Crippen LogP contribution is 2.23. The van der Waals surface area contributed by atoms with Crippen LogP contribution in [0.5, 0.6) is 0 Å². The van der Waals surface area contributed by atoms with Crippen LogP contribution >= 0.6 is 0 Å². The first-order valence-corrected chi connectivity index (χ1v) is 13.7. The number of halogens is 1. The lowest BCUT2D eigenvalue weighted by atomic mass is 10.1. The molecule has 0 N–H and O–H groups in total. The molecule has 0 aliphatic heterocycles. The number of carbonyl (C=O) groups is 1. The molecule has 1 amide bonds. The van der Waals surface area contributed by atoms with Crippen molar-refractivity contribution < 1.29 is 22.0 Å². The van der Waals surface area contributed by atoms with Crippen LogP contribution in [-0.4, -0.2) is 28.8 Å². The highest BCUT2D eigenvalue weighted by Gasteiger charge is 2.27. The largest absolute Gasteiger partial charge is 0.467 e. The lowest BCUT2D eigenvalue weighted by Gasteiger charge is -2.24. The third kappa shape index (κ3) is 6.74. The molecule has 0 spiro atoms. The number of hydrogen-bond acceptors (Lipinski definition) is 5. The summed E-state index contributed by atoms with van der Waals surface area (Å²) in [5.74, 6) is -0.407. The van der Waals surface area contributed by atoms with Crippen LogP contribution in [0, 0.1) is 11.7 Å². The van der Waals surface area contributed by atoms with E-state index in [0.717, 1.165) is 5.56 Å². The van der Waals surface area contributed by atoms with Crippen molar-refractivity contribution >= 4 is 15.7 Å². The first kappa shape index (κ1) is 26.3. The second-order valence-electron chi connectivity index (χ2n) is 9.38. The fourth-order valence-electron chi connectivity index (χ4n) is 4.08. The Morgan fingerprint density at radius 2 is 1.76 bits per heavy atom. The maximum absolute atomic E-state index is 14.3. The Labute approximate surface area is 216 Å². The summed E-state index contributed by atoms with van der Waals surface area (Å²) in [6.07, 6.45) is 3.37. The van der Waals surface area contributed by atoms with E-state index in [1.165, 1.54) is 24.4 Å². The topological polar surface area (TPSA) is 85.4 Å². The van der Waals surface area contributed by atoms with Gasteiger partial charge in [-0.25, -0.2) is 17.8 Å². The van der Waals surface area contributed by atoms with Gasteiger partial charge in [0.1, 0.15) is 11.6 Å². The molecule has 4 rings (SSSR count). The van der Waals surface area contributed by atoms with Gasteiger partial charge in [-0.05, 0) is 29.7 Å². The molecule has 4 aromatic rings. The van der Waals surface area contributed by atoms with E-state index in [-0.39, 0.29) is 42.2 Å². The summed E-state index contributed by atoms with van der Waals surface area (Å²) in [7, 11) is -4.00. The number of sulfone groups is 1. The number of nitrogens with zero attached hydrogens (tertiary/aromatic N) is 3. The van der Waals surface area contributed by atoms with Crippen molar-refractivity contribution in [2.75, 3.05) is 0 Å². The molecule has 9 heteroatoms. The molecule has 0 aliphatic rings. The standard InChI is InChI=1S/C28H30FN3O4S/c1-21(2)15-27(33)31(19-25-12-8-14-36-25)18-24-16-30-28(32(24)17-22-9-4-3-5-10-22)37(34,35)20-23-11-6-7-13-26(23)29/h3-14,16,21H,15,17-20H2,1-2H3. The maximum atomic E-state index is 14.3. The van der Waals surface area contributed by atoms with Gasteiger partial charge in [0.05, 0.1) is 43.5 Å². The molecular weight excluding hydrogens is 493 g/mol. The van der Waals surface area contributed by atoms with Crippen molar-refractivity contribution in [1.29, 1.82) is 0 Å². The van der Waals surface area contributed by atoms with Gasteiger partial charge in [0, 0.05) is 12.0 Å². The molecule has 0 bridgehead atoms. The van der Waals surface area contributed by atoms with E-state index >= 15 is 0 Å². The summed E-state index contributed by atoms with van der Waals surface area (Å²) in [4.78, 5) is 19.0. The molecule has 0 unspecified atom stereocenters. The van der Waals surface area contributed by atoms with E-state index in [1.54, 1.807) is 33.9 Å². The number of furan rings is 1. The van der Waals surface area contributed by atoms with Gasteiger partial charge < -0.3 is 13.9 Å². The molecule has 0 atom stereocenters. The average molecular weight is 524 g/mol. The third-order valence-electron chi connectivity index (χ3n) is 5.88. The Balaban J connectivity index is 1.71. The van der Waals surface area contributed by atoms with Gasteiger partial charge >= 0.3 is 0 Å². The van der Waals surface area contributed by atoms with Gasteiger partial charge in [-0.3, -0.25) is 4.79 Å². The number of benzene rings is 2. The summed E-state index contributed by atoms with van der Waals surface area (Å²) < 4.78 is 48.3. The number of carbonyl (C=O) groups excluding carboxylic acids is 1. The van der Waals surface area contributed by atoms with E-state index in [9.17, 15) is 17.6 Å². The van der Waals surface area contributed by atoms with E-state index in [1.807, 2.05) is 44.2 Å². The Bertz CT molecular complexity index is 1430. The van der Waals surface area contributed by atoms with Gasteiger partial charge in [0.25, 0.3) is 0 Å². The average Bonchev–Trinajstić information content (AvgIpc) is 3.51. The van der Waals surface area contributed by atoms with Crippen LogP contribution in [0.4, 0.5) is 4.39 Å². The number of hydrogen-bond donors (Lipinski definition) is 0. The van der Waals surface area contributed by atoms with Gasteiger partial charge in [0.2, 0.25) is 20.9 Å². The van der Waals surface area contributed by atoms with Crippen molar-refractivity contribution in [2.24, 2.45) is 5.92 Å². The van der Waals surface area contributed by atoms with Crippen LogP contribution < -0.4 is 0 Å². The fourth-order valence-corrected chi connectivity index (χ4v) is 5.59. The Morgan fingerprint density at radius 1 is 1.03 bits per heavy atom. The second-order valence-corrected chi connectivity index (χ2v) is 11.3. The third-order valence-corrected chi connectivity index (χ3v) is 7.46. The molecule has 2 aromatic carbocycles. The molecule has 2 aromatic heterocycles. The van der Waals surface area contributed by atoms with Crippen molar-refractivity contribution in [3.05, 3.63) is 108 Å². The zero-order valence-electron chi connectivity index (χ0n) is 20.9. The summed E-state index contributed by atoms with van der Waals surface area (Å²) in [5.41, 5.74) is 1.50. The SMILES string of the molecule is CC(C)CC(=O)N(Cc1ccco1)Cc1cnc(S(=O)(=O)Cc2ccccc2F)n1Cc1ccccc1. The molecule has 0 radical (unpaired) electrons. The van der Waals surface area contributed by atoms with Crippen LogP contribution in [0.25, 0.3) is 0 Å². The van der Waals surface area contributed by atoms with Crippen LogP contribution in [0.1, 0.15) is 42.8 Å². The number of imidazole rings is 1. The number of aromatic nitrogens is 2. The predicted octanol–water partition coefficient (Wildman–Crippen LogP) is 5.21. The van der Waals surface area contributed by atoms with Crippen LogP contribution in [0.2, 0.25) is 0 Å². The van der Waals surface area contributed by atoms with Crippen molar-refractivity contribution in [3.8, 4) is 0 Å². The van der Waals surface area contributed by atoms with Crippen molar-refractivity contribution in [3.63, 3.8) is 0 Å². The highest BCUT2D eigenvalue weighted by molar-refractivity contribution is 7.90. The maximum Gasteiger partial charge on any atom is 0.228 e. The zero-order chi connectivity index (χ0) is 26.4. The van der Waals surface area contributed by atoms with Gasteiger partial charge in [-0.2, -0.15) is 0 Å². The summed E-state index contributed by atoms with van der Waals surface area (Å²) in [6, 6.07) is 18.8. The van der Waals surface area contributed by atoms with E-state index in [4.69, 9.17) is 4.42 Å². The highest BCUT2D eigenvalue weighted by atomic mass is 32.2. The van der Waals surface area contributed by atoms with Crippen LogP contribution in [0.3, 0.4) is 0 Å². The molecule has 0 aliphatic carbocycles. The minimum Gasteiger partial charge on any atom is -0.467 e. The second kappa shape index (κ2) is 11.6. The molecule has 0 saturated heterocycles. The Hall–Kier alpha value is -3.72. The smallest absolute Gasteiger partial charge is 0.228 e. The van der Waals surface area contributed by atoms with Crippen molar-refractivity contribution in [2.45, 2.75) is 50.8 Å². The number of rotatable bonds is 11.